The van der Waals surface area contributed by atoms with Gasteiger partial charge in [0.25, 0.3) is 0 Å². The maximum Gasteiger partial charge on any atom is 0.423 e. The SMILES string of the molecule is C=C(COc1ncnc(-n2ccnc2)c1Cl)C(F)C(F)(F)F. The Morgan fingerprint density at radius 2 is 2.14 bits per heavy atom. The van der Waals surface area contributed by atoms with E-state index in [1.54, 1.807) is 6.20 Å². The van der Waals surface area contributed by atoms with Crippen LogP contribution in [0.4, 0.5) is 17.6 Å². The van der Waals surface area contributed by atoms with Gasteiger partial charge in [-0.2, -0.15) is 13.2 Å². The van der Waals surface area contributed by atoms with Crippen LogP contribution in [0.1, 0.15) is 0 Å². The van der Waals surface area contributed by atoms with Crippen LogP contribution in [0.2, 0.25) is 5.02 Å². The van der Waals surface area contributed by atoms with E-state index in [1.807, 2.05) is 0 Å². The molecule has 2 heterocycles. The number of hydrogen-bond acceptors (Lipinski definition) is 4. The molecule has 0 saturated carbocycles. The zero-order valence-electron chi connectivity index (χ0n) is 10.9. The summed E-state index contributed by atoms with van der Waals surface area (Å²) in [6, 6.07) is 0. The molecule has 0 saturated heterocycles. The minimum Gasteiger partial charge on any atom is -0.472 e. The number of aromatic nitrogens is 4. The van der Waals surface area contributed by atoms with E-state index in [0.717, 1.165) is 6.33 Å². The van der Waals surface area contributed by atoms with Crippen molar-refractivity contribution in [3.63, 3.8) is 0 Å². The number of alkyl halides is 4. The van der Waals surface area contributed by atoms with Crippen molar-refractivity contribution in [1.82, 2.24) is 19.5 Å². The molecule has 0 amide bonds. The third kappa shape index (κ3) is 3.53. The van der Waals surface area contributed by atoms with Crippen molar-refractivity contribution >= 4 is 11.6 Å². The smallest absolute Gasteiger partial charge is 0.423 e. The second-order valence-electron chi connectivity index (χ2n) is 4.14. The molecular formula is C12H9ClF4N4O. The average Bonchev–Trinajstić information content (AvgIpc) is 2.98. The second-order valence-corrected chi connectivity index (χ2v) is 4.52. The first-order chi connectivity index (χ1) is 10.3. The summed E-state index contributed by atoms with van der Waals surface area (Å²) >= 11 is 6.01. The van der Waals surface area contributed by atoms with Crippen molar-refractivity contribution in [2.24, 2.45) is 0 Å². The van der Waals surface area contributed by atoms with E-state index in [2.05, 4.69) is 21.5 Å². The lowest BCUT2D eigenvalue weighted by molar-refractivity contribution is -0.170. The highest BCUT2D eigenvalue weighted by Crippen LogP contribution is 2.30. The Balaban J connectivity index is 2.12. The van der Waals surface area contributed by atoms with E-state index in [9.17, 15) is 17.6 Å². The number of nitrogens with zero attached hydrogens (tertiary/aromatic N) is 4. The second kappa shape index (κ2) is 6.30. The molecule has 22 heavy (non-hydrogen) atoms. The van der Waals surface area contributed by atoms with Gasteiger partial charge in [0, 0.05) is 18.0 Å². The predicted molar refractivity (Wildman–Crippen MR) is 69.8 cm³/mol. The topological polar surface area (TPSA) is 52.8 Å². The molecular weight excluding hydrogens is 328 g/mol. The molecule has 2 rings (SSSR count). The van der Waals surface area contributed by atoms with Gasteiger partial charge in [0.05, 0.1) is 0 Å². The summed E-state index contributed by atoms with van der Waals surface area (Å²) in [7, 11) is 0. The van der Waals surface area contributed by atoms with Gasteiger partial charge in [-0.15, -0.1) is 0 Å². The van der Waals surface area contributed by atoms with Crippen LogP contribution in [-0.4, -0.2) is 38.5 Å². The van der Waals surface area contributed by atoms with E-state index in [4.69, 9.17) is 16.3 Å². The molecule has 0 fully saturated rings. The fourth-order valence-corrected chi connectivity index (χ4v) is 1.73. The van der Waals surface area contributed by atoms with Crippen molar-refractivity contribution in [2.75, 3.05) is 6.61 Å². The molecule has 0 aliphatic carbocycles. The van der Waals surface area contributed by atoms with Gasteiger partial charge in [-0.25, -0.2) is 19.3 Å². The Labute approximate surface area is 127 Å². The van der Waals surface area contributed by atoms with Crippen molar-refractivity contribution in [3.05, 3.63) is 42.2 Å². The van der Waals surface area contributed by atoms with Crippen LogP contribution in [0, 0.1) is 0 Å². The number of halogens is 5. The predicted octanol–water partition coefficient (Wildman–Crippen LogP) is 3.15. The highest BCUT2D eigenvalue weighted by molar-refractivity contribution is 6.33. The molecule has 5 nitrogen and oxygen atoms in total. The summed E-state index contributed by atoms with van der Waals surface area (Å²) in [4.78, 5) is 11.4. The van der Waals surface area contributed by atoms with Crippen LogP contribution in [0.25, 0.3) is 5.82 Å². The van der Waals surface area contributed by atoms with Gasteiger partial charge in [-0.3, -0.25) is 4.57 Å². The lowest BCUT2D eigenvalue weighted by Crippen LogP contribution is -2.28. The van der Waals surface area contributed by atoms with E-state index >= 15 is 0 Å². The highest BCUT2D eigenvalue weighted by atomic mass is 35.5. The van der Waals surface area contributed by atoms with Gasteiger partial charge in [0.2, 0.25) is 12.1 Å². The Kier molecular flexibility index (Phi) is 4.65. The minimum absolute atomic E-state index is 0.0456. The monoisotopic (exact) mass is 336 g/mol. The van der Waals surface area contributed by atoms with Crippen LogP contribution in [0.3, 0.4) is 0 Å². The molecule has 2 aromatic rings. The summed E-state index contributed by atoms with van der Waals surface area (Å²) in [5, 5.41) is -0.0456. The molecule has 0 aliphatic rings. The molecule has 0 spiro atoms. The number of imidazole rings is 1. The molecule has 0 radical (unpaired) electrons. The summed E-state index contributed by atoms with van der Waals surface area (Å²) in [5.41, 5.74) is -0.786. The van der Waals surface area contributed by atoms with Gasteiger partial charge >= 0.3 is 6.18 Å². The van der Waals surface area contributed by atoms with Gasteiger partial charge in [0.1, 0.15) is 24.3 Å². The molecule has 0 aliphatic heterocycles. The standard InChI is InChI=1S/C12H9ClF4N4O/c1-7(9(14)12(15,16)17)4-22-11-8(13)10(19-5-20-11)21-3-2-18-6-21/h2-3,5-6,9H,1,4H2. The molecule has 1 unspecified atom stereocenters. The Bertz CT molecular complexity index is 660. The fourth-order valence-electron chi connectivity index (χ4n) is 1.48. The Hall–Kier alpha value is -2.16. The third-order valence-electron chi connectivity index (χ3n) is 2.53. The first kappa shape index (κ1) is 16.2. The molecule has 1 atom stereocenters. The molecule has 2 aromatic heterocycles. The lowest BCUT2D eigenvalue weighted by atomic mass is 10.2. The van der Waals surface area contributed by atoms with Crippen LogP contribution in [0.15, 0.2) is 37.2 Å². The highest BCUT2D eigenvalue weighted by Gasteiger charge is 2.42. The third-order valence-corrected chi connectivity index (χ3v) is 2.86. The first-order valence-electron chi connectivity index (χ1n) is 5.80. The summed E-state index contributed by atoms with van der Waals surface area (Å²) < 4.78 is 56.1. The molecule has 0 bridgehead atoms. The zero-order chi connectivity index (χ0) is 16.3. The average molecular weight is 337 g/mol. The number of ether oxygens (including phenoxy) is 1. The van der Waals surface area contributed by atoms with E-state index in [0.29, 0.717) is 0 Å². The molecule has 0 N–H and O–H groups in total. The van der Waals surface area contributed by atoms with Gasteiger partial charge < -0.3 is 4.74 Å². The molecule has 118 valence electrons. The van der Waals surface area contributed by atoms with Crippen LogP contribution in [-0.2, 0) is 0 Å². The minimum atomic E-state index is -5.03. The normalized spacial score (nSPS) is 13.0. The van der Waals surface area contributed by atoms with Gasteiger partial charge in [-0.05, 0) is 0 Å². The summed E-state index contributed by atoms with van der Waals surface area (Å²) in [5.74, 6) is 0.0401. The summed E-state index contributed by atoms with van der Waals surface area (Å²) in [6.07, 6.45) is -2.65. The van der Waals surface area contributed by atoms with Crippen molar-refractivity contribution in [1.29, 1.82) is 0 Å². The van der Waals surface area contributed by atoms with Gasteiger partial charge in [0.15, 0.2) is 5.82 Å². The maximum atomic E-state index is 13.0. The van der Waals surface area contributed by atoms with Crippen molar-refractivity contribution < 1.29 is 22.3 Å². The lowest BCUT2D eigenvalue weighted by Gasteiger charge is -2.15. The van der Waals surface area contributed by atoms with Crippen molar-refractivity contribution in [3.8, 4) is 11.7 Å². The maximum absolute atomic E-state index is 13.0. The van der Waals surface area contributed by atoms with E-state index in [-0.39, 0.29) is 16.7 Å². The van der Waals surface area contributed by atoms with Crippen LogP contribution in [0.5, 0.6) is 5.88 Å². The van der Waals surface area contributed by atoms with E-state index < -0.39 is 24.5 Å². The Morgan fingerprint density at radius 1 is 1.41 bits per heavy atom. The zero-order valence-corrected chi connectivity index (χ0v) is 11.6. The fraction of sp³-hybridized carbons (Fsp3) is 0.250. The Morgan fingerprint density at radius 3 is 2.73 bits per heavy atom. The van der Waals surface area contributed by atoms with Crippen LogP contribution < -0.4 is 4.74 Å². The van der Waals surface area contributed by atoms with Crippen molar-refractivity contribution in [2.45, 2.75) is 12.3 Å². The van der Waals surface area contributed by atoms with E-state index in [1.165, 1.54) is 17.1 Å². The number of hydrogen-bond donors (Lipinski definition) is 0. The van der Waals surface area contributed by atoms with Gasteiger partial charge in [-0.1, -0.05) is 18.2 Å². The first-order valence-corrected chi connectivity index (χ1v) is 6.18. The van der Waals surface area contributed by atoms with Crippen LogP contribution >= 0.6 is 11.6 Å². The molecule has 10 heteroatoms. The molecule has 0 aromatic carbocycles. The largest absolute Gasteiger partial charge is 0.472 e. The number of rotatable bonds is 5. The summed E-state index contributed by atoms with van der Waals surface area (Å²) in [6.45, 7) is 2.29. The quantitative estimate of drug-likeness (QED) is 0.622.